The Balaban J connectivity index is 1.94. The largest absolute Gasteiger partial charge is 0.462 e. The summed E-state index contributed by atoms with van der Waals surface area (Å²) in [6.45, 7) is 1.05. The average molecular weight is 394 g/mol. The average Bonchev–Trinajstić information content (AvgIpc) is 3.09. The summed E-state index contributed by atoms with van der Waals surface area (Å²) < 4.78 is 15.0. The fraction of sp³-hybridized carbons (Fsp3) is 0.286. The van der Waals surface area contributed by atoms with Crippen LogP contribution >= 0.6 is 0 Å². The maximum Gasteiger partial charge on any atom is 0.332 e. The van der Waals surface area contributed by atoms with Gasteiger partial charge in [-0.1, -0.05) is 42.5 Å². The number of ether oxygens (including phenoxy) is 2. The summed E-state index contributed by atoms with van der Waals surface area (Å²) in [4.78, 5) is 29.7. The van der Waals surface area contributed by atoms with Gasteiger partial charge in [0.1, 0.15) is 6.61 Å². The molecule has 8 heteroatoms. The Morgan fingerprint density at radius 3 is 2.52 bits per heavy atom. The Hall–Kier alpha value is -3.39. The molecule has 150 valence electrons. The highest BCUT2D eigenvalue weighted by Gasteiger charge is 2.20. The number of fused-ring (bicyclic) bond motifs is 2. The Kier molecular flexibility index (Phi) is 4.94. The topological polar surface area (TPSA) is 80.3 Å². The highest BCUT2D eigenvalue weighted by atomic mass is 16.5. The molecule has 0 aliphatic rings. The summed E-state index contributed by atoms with van der Waals surface area (Å²) in [6.07, 6.45) is 0. The molecule has 0 atom stereocenters. The maximum atomic E-state index is 12.9. The number of aromatic nitrogens is 4. The summed E-state index contributed by atoms with van der Waals surface area (Å²) in [6, 6.07) is 14.4. The van der Waals surface area contributed by atoms with E-state index in [2.05, 4.69) is 4.98 Å². The lowest BCUT2D eigenvalue weighted by Crippen LogP contribution is -2.37. The second-order valence-electron chi connectivity index (χ2n) is 6.84. The summed E-state index contributed by atoms with van der Waals surface area (Å²) in [5.74, 6) is 0. The number of nitrogens with zero attached hydrogens (tertiary/aromatic N) is 4. The van der Waals surface area contributed by atoms with E-state index < -0.39 is 11.2 Å². The van der Waals surface area contributed by atoms with Crippen molar-refractivity contribution in [3.63, 3.8) is 0 Å². The lowest BCUT2D eigenvalue weighted by Gasteiger charge is -2.12. The lowest BCUT2D eigenvalue weighted by atomic mass is 10.0. The van der Waals surface area contributed by atoms with Gasteiger partial charge in [-0.3, -0.25) is 18.5 Å². The van der Waals surface area contributed by atoms with Crippen molar-refractivity contribution in [3.05, 3.63) is 68.9 Å². The molecule has 0 saturated carbocycles. The van der Waals surface area contributed by atoms with Crippen molar-refractivity contribution in [2.24, 2.45) is 14.1 Å². The van der Waals surface area contributed by atoms with Crippen LogP contribution in [0.25, 0.3) is 21.9 Å². The highest BCUT2D eigenvalue weighted by Crippen LogP contribution is 2.24. The summed E-state index contributed by atoms with van der Waals surface area (Å²) >= 11 is 0. The molecule has 4 rings (SSSR count). The van der Waals surface area contributed by atoms with Crippen LogP contribution in [0.3, 0.4) is 0 Å². The van der Waals surface area contributed by atoms with E-state index in [1.807, 2.05) is 42.5 Å². The fourth-order valence-electron chi connectivity index (χ4n) is 3.50. The molecule has 0 bridgehead atoms. The lowest BCUT2D eigenvalue weighted by molar-refractivity contribution is 0.139. The third-order valence-electron chi connectivity index (χ3n) is 5.04. The SMILES string of the molecule is COCCOc1nc2c(c(=O)n(C)c(=O)n2C)n1Cc1cccc2ccccc12. The zero-order valence-electron chi connectivity index (χ0n) is 16.6. The van der Waals surface area contributed by atoms with Gasteiger partial charge >= 0.3 is 5.69 Å². The van der Waals surface area contributed by atoms with Crippen LogP contribution in [-0.4, -0.2) is 39.0 Å². The van der Waals surface area contributed by atoms with E-state index in [1.54, 1.807) is 18.7 Å². The molecular weight excluding hydrogens is 372 g/mol. The highest BCUT2D eigenvalue weighted by molar-refractivity contribution is 5.86. The summed E-state index contributed by atoms with van der Waals surface area (Å²) in [5, 5.41) is 2.19. The van der Waals surface area contributed by atoms with Crippen LogP contribution in [0.15, 0.2) is 52.1 Å². The van der Waals surface area contributed by atoms with E-state index in [-0.39, 0.29) is 12.6 Å². The first-order valence-electron chi connectivity index (χ1n) is 9.27. The van der Waals surface area contributed by atoms with Crippen molar-refractivity contribution < 1.29 is 9.47 Å². The van der Waals surface area contributed by atoms with Crippen LogP contribution in [0.5, 0.6) is 6.01 Å². The fourth-order valence-corrected chi connectivity index (χ4v) is 3.50. The molecule has 8 nitrogen and oxygen atoms in total. The Labute approximate surface area is 166 Å². The molecule has 2 aromatic carbocycles. The van der Waals surface area contributed by atoms with Gasteiger partial charge in [-0.2, -0.15) is 4.98 Å². The molecule has 29 heavy (non-hydrogen) atoms. The summed E-state index contributed by atoms with van der Waals surface area (Å²) in [7, 11) is 4.64. The Morgan fingerprint density at radius 2 is 1.72 bits per heavy atom. The molecule has 0 saturated heterocycles. The summed E-state index contributed by atoms with van der Waals surface area (Å²) in [5.41, 5.74) is 0.814. The number of imidazole rings is 1. The van der Waals surface area contributed by atoms with E-state index in [9.17, 15) is 9.59 Å². The van der Waals surface area contributed by atoms with Gasteiger partial charge in [-0.25, -0.2) is 4.79 Å². The van der Waals surface area contributed by atoms with Crippen molar-refractivity contribution in [3.8, 4) is 6.01 Å². The minimum absolute atomic E-state index is 0.281. The van der Waals surface area contributed by atoms with Gasteiger partial charge < -0.3 is 9.47 Å². The van der Waals surface area contributed by atoms with Gasteiger partial charge in [0.05, 0.1) is 13.2 Å². The molecule has 0 fully saturated rings. The second-order valence-corrected chi connectivity index (χ2v) is 6.84. The number of methoxy groups -OCH3 is 1. The number of hydrogen-bond donors (Lipinski definition) is 0. The Morgan fingerprint density at radius 1 is 0.966 bits per heavy atom. The van der Waals surface area contributed by atoms with Crippen molar-refractivity contribution in [1.82, 2.24) is 18.7 Å². The van der Waals surface area contributed by atoms with E-state index >= 15 is 0 Å². The molecule has 4 aromatic rings. The minimum atomic E-state index is -0.430. The van der Waals surface area contributed by atoms with Crippen LogP contribution in [0.1, 0.15) is 5.56 Å². The van der Waals surface area contributed by atoms with Crippen LogP contribution in [-0.2, 0) is 25.4 Å². The minimum Gasteiger partial charge on any atom is -0.462 e. The monoisotopic (exact) mass is 394 g/mol. The van der Waals surface area contributed by atoms with E-state index in [0.717, 1.165) is 20.9 Å². The quantitative estimate of drug-likeness (QED) is 0.465. The molecule has 0 unspecified atom stereocenters. The van der Waals surface area contributed by atoms with Gasteiger partial charge in [-0.15, -0.1) is 0 Å². The standard InChI is InChI=1S/C21H22N4O4/c1-23-18-17(19(26)24(2)21(23)27)25(20(22-18)29-12-11-28-3)13-15-9-6-8-14-7-4-5-10-16(14)15/h4-10H,11-13H2,1-3H3. The molecule has 0 N–H and O–H groups in total. The number of aryl methyl sites for hydroxylation is 1. The molecule has 0 spiro atoms. The predicted octanol–water partition coefficient (Wildman–Crippen LogP) is 1.66. The Bertz CT molecular complexity index is 1310. The van der Waals surface area contributed by atoms with Crippen LogP contribution in [0, 0.1) is 0 Å². The van der Waals surface area contributed by atoms with Crippen molar-refractivity contribution >= 4 is 21.9 Å². The van der Waals surface area contributed by atoms with E-state index in [1.165, 1.54) is 11.6 Å². The normalized spacial score (nSPS) is 11.4. The maximum absolute atomic E-state index is 12.9. The van der Waals surface area contributed by atoms with Gasteiger partial charge in [0.2, 0.25) is 0 Å². The van der Waals surface area contributed by atoms with Gasteiger partial charge in [0.25, 0.3) is 11.6 Å². The van der Waals surface area contributed by atoms with Gasteiger partial charge in [-0.05, 0) is 16.3 Å². The van der Waals surface area contributed by atoms with Gasteiger partial charge in [0.15, 0.2) is 11.2 Å². The smallest absolute Gasteiger partial charge is 0.332 e. The molecule has 2 aromatic heterocycles. The number of hydrogen-bond acceptors (Lipinski definition) is 5. The molecule has 2 heterocycles. The molecule has 0 radical (unpaired) electrons. The van der Waals surface area contributed by atoms with Crippen LogP contribution < -0.4 is 16.0 Å². The van der Waals surface area contributed by atoms with Crippen molar-refractivity contribution in [2.75, 3.05) is 20.3 Å². The molecular formula is C21H22N4O4. The van der Waals surface area contributed by atoms with E-state index in [0.29, 0.717) is 24.3 Å². The zero-order chi connectivity index (χ0) is 20.5. The van der Waals surface area contributed by atoms with Crippen molar-refractivity contribution in [2.45, 2.75) is 6.54 Å². The number of benzene rings is 2. The molecule has 0 aliphatic carbocycles. The zero-order valence-corrected chi connectivity index (χ0v) is 16.6. The van der Waals surface area contributed by atoms with Gasteiger partial charge in [0, 0.05) is 21.2 Å². The van der Waals surface area contributed by atoms with Crippen molar-refractivity contribution in [1.29, 1.82) is 0 Å². The number of rotatable bonds is 6. The van der Waals surface area contributed by atoms with Crippen LogP contribution in [0.4, 0.5) is 0 Å². The third-order valence-corrected chi connectivity index (χ3v) is 5.04. The van der Waals surface area contributed by atoms with Crippen LogP contribution in [0.2, 0.25) is 0 Å². The van der Waals surface area contributed by atoms with E-state index in [4.69, 9.17) is 9.47 Å². The molecule has 0 amide bonds. The first-order chi connectivity index (χ1) is 14.0. The molecule has 0 aliphatic heterocycles. The predicted molar refractivity (Wildman–Crippen MR) is 111 cm³/mol. The first kappa shape index (κ1) is 18.9. The third kappa shape index (κ3) is 3.21. The second kappa shape index (κ2) is 7.56. The first-order valence-corrected chi connectivity index (χ1v) is 9.27.